The molecule has 2 rings (SSSR count). The third kappa shape index (κ3) is 3.79. The number of nitrogens with one attached hydrogen (secondary N) is 2. The number of hydrogen-bond acceptors (Lipinski definition) is 7. The van der Waals surface area contributed by atoms with Crippen molar-refractivity contribution < 1.29 is 4.42 Å². The Kier molecular flexibility index (Phi) is 4.05. The summed E-state index contributed by atoms with van der Waals surface area (Å²) < 4.78 is 5.42. The summed E-state index contributed by atoms with van der Waals surface area (Å²) in [5.41, 5.74) is 1.79. The Bertz CT molecular complexity index is 439. The maximum atomic E-state index is 5.42. The number of anilines is 1. The molecule has 2 heterocycles. The lowest BCUT2D eigenvalue weighted by molar-refractivity contribution is 0.458. The first-order valence-corrected chi connectivity index (χ1v) is 6.29. The van der Waals surface area contributed by atoms with Gasteiger partial charge in [-0.1, -0.05) is 18.9 Å². The van der Waals surface area contributed by atoms with Gasteiger partial charge in [-0.25, -0.2) is 0 Å². The minimum absolute atomic E-state index is 0.399. The van der Waals surface area contributed by atoms with E-state index in [0.717, 1.165) is 4.88 Å². The monoisotopic (exact) mass is 253 g/mol. The minimum Gasteiger partial charge on any atom is -0.407 e. The van der Waals surface area contributed by atoms with Crippen molar-refractivity contribution in [3.8, 4) is 0 Å². The molecule has 0 radical (unpaired) electrons. The highest BCUT2D eigenvalue weighted by molar-refractivity contribution is 7.09. The summed E-state index contributed by atoms with van der Waals surface area (Å²) in [5.74, 6) is 0.588. The van der Waals surface area contributed by atoms with Gasteiger partial charge in [-0.2, -0.15) is 0 Å². The number of hydrogen-bond donors (Lipinski definition) is 2. The fourth-order valence-electron chi connectivity index (χ4n) is 1.18. The van der Waals surface area contributed by atoms with Gasteiger partial charge in [0.15, 0.2) is 0 Å². The average Bonchev–Trinajstić information content (AvgIpc) is 2.95. The van der Waals surface area contributed by atoms with Crippen molar-refractivity contribution in [2.24, 2.45) is 0 Å². The first-order valence-electron chi connectivity index (χ1n) is 5.41. The fraction of sp³-hybridized carbons (Fsp3) is 0.500. The molecule has 0 aliphatic rings. The van der Waals surface area contributed by atoms with E-state index < -0.39 is 0 Å². The SMILES string of the molecule is CC(C)NCc1nnc(NCc2cncs2)o1. The highest BCUT2D eigenvalue weighted by atomic mass is 32.1. The Labute approximate surface area is 103 Å². The largest absolute Gasteiger partial charge is 0.407 e. The highest BCUT2D eigenvalue weighted by Crippen LogP contribution is 2.10. The molecule has 0 aliphatic heterocycles. The lowest BCUT2D eigenvalue weighted by Crippen LogP contribution is -2.21. The van der Waals surface area contributed by atoms with Crippen molar-refractivity contribution in [1.29, 1.82) is 0 Å². The first-order chi connectivity index (χ1) is 8.24. The molecule has 0 aliphatic carbocycles. The van der Waals surface area contributed by atoms with E-state index in [4.69, 9.17) is 4.42 Å². The molecule has 2 N–H and O–H groups in total. The average molecular weight is 253 g/mol. The van der Waals surface area contributed by atoms with E-state index in [-0.39, 0.29) is 0 Å². The van der Waals surface area contributed by atoms with Crippen LogP contribution in [0.5, 0.6) is 0 Å². The molecule has 0 bridgehead atoms. The summed E-state index contributed by atoms with van der Waals surface area (Å²) >= 11 is 1.59. The number of rotatable bonds is 6. The summed E-state index contributed by atoms with van der Waals surface area (Å²) in [7, 11) is 0. The van der Waals surface area contributed by atoms with Crippen LogP contribution in [-0.2, 0) is 13.1 Å². The van der Waals surface area contributed by atoms with E-state index in [1.807, 2.05) is 6.20 Å². The molecule has 0 amide bonds. The van der Waals surface area contributed by atoms with Crippen LogP contribution in [0.1, 0.15) is 24.6 Å². The zero-order valence-electron chi connectivity index (χ0n) is 9.80. The minimum atomic E-state index is 0.399. The molecule has 17 heavy (non-hydrogen) atoms. The lowest BCUT2D eigenvalue weighted by atomic mass is 10.4. The molecule has 92 valence electrons. The maximum absolute atomic E-state index is 5.42. The van der Waals surface area contributed by atoms with Gasteiger partial charge in [0.1, 0.15) is 0 Å². The molecule has 7 heteroatoms. The molecule has 0 unspecified atom stereocenters. The van der Waals surface area contributed by atoms with Crippen LogP contribution in [0.3, 0.4) is 0 Å². The topological polar surface area (TPSA) is 75.9 Å². The number of nitrogens with zero attached hydrogens (tertiary/aromatic N) is 3. The smallest absolute Gasteiger partial charge is 0.315 e. The summed E-state index contributed by atoms with van der Waals surface area (Å²) in [4.78, 5) is 5.12. The normalized spacial score (nSPS) is 11.0. The highest BCUT2D eigenvalue weighted by Gasteiger charge is 2.06. The van der Waals surface area contributed by atoms with Crippen molar-refractivity contribution in [1.82, 2.24) is 20.5 Å². The molecule has 0 saturated heterocycles. The van der Waals surface area contributed by atoms with Gasteiger partial charge in [-0.3, -0.25) is 4.98 Å². The molecule has 2 aromatic heterocycles. The first kappa shape index (κ1) is 12.0. The third-order valence-corrected chi connectivity index (χ3v) is 2.81. The molecular weight excluding hydrogens is 238 g/mol. The Morgan fingerprint density at radius 2 is 2.24 bits per heavy atom. The van der Waals surface area contributed by atoms with E-state index in [0.29, 0.717) is 31.0 Å². The van der Waals surface area contributed by atoms with Crippen LogP contribution in [0.25, 0.3) is 0 Å². The van der Waals surface area contributed by atoms with Crippen LogP contribution >= 0.6 is 11.3 Å². The van der Waals surface area contributed by atoms with Crippen molar-refractivity contribution >= 4 is 17.4 Å². The predicted octanol–water partition coefficient (Wildman–Crippen LogP) is 1.64. The van der Waals surface area contributed by atoms with Crippen LogP contribution in [0.15, 0.2) is 16.1 Å². The van der Waals surface area contributed by atoms with Gasteiger partial charge in [-0.15, -0.1) is 16.4 Å². The zero-order valence-corrected chi connectivity index (χ0v) is 10.6. The van der Waals surface area contributed by atoms with Gasteiger partial charge >= 0.3 is 6.01 Å². The second-order valence-corrected chi connectivity index (χ2v) is 4.83. The lowest BCUT2D eigenvalue weighted by Gasteiger charge is -2.03. The van der Waals surface area contributed by atoms with Crippen LogP contribution in [-0.4, -0.2) is 21.2 Å². The Hall–Kier alpha value is -1.47. The molecule has 0 aromatic carbocycles. The molecule has 0 atom stereocenters. The fourth-order valence-corrected chi connectivity index (χ4v) is 1.71. The standard InChI is InChI=1S/C10H15N5OS/c1-7(2)12-5-9-14-15-10(16-9)13-4-8-3-11-6-17-8/h3,6-7,12H,4-5H2,1-2H3,(H,13,15). The molecule has 0 fully saturated rings. The Morgan fingerprint density at radius 1 is 1.35 bits per heavy atom. The van der Waals surface area contributed by atoms with E-state index in [1.165, 1.54) is 0 Å². The van der Waals surface area contributed by atoms with Crippen LogP contribution in [0.2, 0.25) is 0 Å². The summed E-state index contributed by atoms with van der Waals surface area (Å²) in [6.45, 7) is 5.38. The van der Waals surface area contributed by atoms with Gasteiger partial charge in [0.25, 0.3) is 0 Å². The van der Waals surface area contributed by atoms with Gasteiger partial charge < -0.3 is 15.1 Å². The molecule has 2 aromatic rings. The molecule has 0 saturated carbocycles. The van der Waals surface area contributed by atoms with E-state index in [2.05, 4.69) is 39.7 Å². The second-order valence-electron chi connectivity index (χ2n) is 3.86. The van der Waals surface area contributed by atoms with Crippen LogP contribution in [0.4, 0.5) is 6.01 Å². The van der Waals surface area contributed by atoms with Gasteiger partial charge in [0.05, 0.1) is 18.6 Å². The van der Waals surface area contributed by atoms with Crippen LogP contribution in [0, 0.1) is 0 Å². The Morgan fingerprint density at radius 3 is 2.94 bits per heavy atom. The van der Waals surface area contributed by atoms with Gasteiger partial charge in [-0.05, 0) is 0 Å². The maximum Gasteiger partial charge on any atom is 0.315 e. The molecule has 0 spiro atoms. The van der Waals surface area contributed by atoms with E-state index in [1.54, 1.807) is 16.8 Å². The quantitative estimate of drug-likeness (QED) is 0.815. The third-order valence-electron chi connectivity index (χ3n) is 2.03. The summed E-state index contributed by atoms with van der Waals surface area (Å²) in [6.07, 6.45) is 1.81. The van der Waals surface area contributed by atoms with Crippen LogP contribution < -0.4 is 10.6 Å². The van der Waals surface area contributed by atoms with Crippen molar-refractivity contribution in [3.05, 3.63) is 22.5 Å². The Balaban J connectivity index is 1.81. The molecular formula is C10H15N5OS. The number of thiazole rings is 1. The predicted molar refractivity (Wildman–Crippen MR) is 65.7 cm³/mol. The van der Waals surface area contributed by atoms with Gasteiger partial charge in [0, 0.05) is 17.1 Å². The summed E-state index contributed by atoms with van der Waals surface area (Å²) in [6, 6.07) is 0.842. The summed E-state index contributed by atoms with van der Waals surface area (Å²) in [5, 5.41) is 14.1. The van der Waals surface area contributed by atoms with Crippen molar-refractivity contribution in [2.75, 3.05) is 5.32 Å². The zero-order chi connectivity index (χ0) is 12.1. The van der Waals surface area contributed by atoms with Gasteiger partial charge in [0.2, 0.25) is 5.89 Å². The van der Waals surface area contributed by atoms with E-state index >= 15 is 0 Å². The van der Waals surface area contributed by atoms with Crippen molar-refractivity contribution in [2.45, 2.75) is 33.0 Å². The second kappa shape index (κ2) is 5.74. The van der Waals surface area contributed by atoms with Crippen molar-refractivity contribution in [3.63, 3.8) is 0 Å². The van der Waals surface area contributed by atoms with E-state index in [9.17, 15) is 0 Å². The number of aromatic nitrogens is 3. The molecule has 6 nitrogen and oxygen atoms in total.